The molecule has 1 aromatic carbocycles. The molecule has 1 aromatic rings. The first kappa shape index (κ1) is 16.9. The van der Waals surface area contributed by atoms with Crippen LogP contribution in [0.3, 0.4) is 0 Å². The Bertz CT molecular complexity index is 506. The van der Waals surface area contributed by atoms with Gasteiger partial charge in [-0.25, -0.2) is 4.79 Å². The molecule has 0 aromatic heterocycles. The molecule has 1 fully saturated rings. The second-order valence-electron chi connectivity index (χ2n) is 5.29. The minimum Gasteiger partial charge on any atom is -0.464 e. The molecule has 2 rings (SSSR count). The fourth-order valence-electron chi connectivity index (χ4n) is 2.46. The van der Waals surface area contributed by atoms with E-state index in [1.165, 1.54) is 0 Å². The molecule has 120 valence electrons. The predicted molar refractivity (Wildman–Crippen MR) is 88.4 cm³/mol. The van der Waals surface area contributed by atoms with Crippen molar-refractivity contribution in [3.63, 3.8) is 0 Å². The number of carbonyl (C=O) groups is 2. The molecule has 5 heteroatoms. The summed E-state index contributed by atoms with van der Waals surface area (Å²) in [5.74, 6) is 0.313. The van der Waals surface area contributed by atoms with E-state index >= 15 is 0 Å². The van der Waals surface area contributed by atoms with Gasteiger partial charge in [0.1, 0.15) is 11.4 Å². The number of hydrogen-bond donors (Lipinski definition) is 0. The summed E-state index contributed by atoms with van der Waals surface area (Å²) < 4.78 is 5.33. The Hall–Kier alpha value is -1.49. The highest BCUT2D eigenvalue weighted by molar-refractivity contribution is 7.99. The molecule has 0 bridgehead atoms. The van der Waals surface area contributed by atoms with Crippen molar-refractivity contribution in [2.75, 3.05) is 12.4 Å². The van der Waals surface area contributed by atoms with Crippen molar-refractivity contribution in [3.05, 3.63) is 35.9 Å². The van der Waals surface area contributed by atoms with Gasteiger partial charge in [0.05, 0.1) is 6.61 Å². The zero-order chi connectivity index (χ0) is 15.9. The van der Waals surface area contributed by atoms with Crippen LogP contribution in [0.5, 0.6) is 0 Å². The third kappa shape index (κ3) is 3.83. The van der Waals surface area contributed by atoms with Crippen molar-refractivity contribution in [3.8, 4) is 0 Å². The van der Waals surface area contributed by atoms with Crippen molar-refractivity contribution in [2.24, 2.45) is 0 Å². The maximum Gasteiger partial charge on any atom is 0.329 e. The van der Waals surface area contributed by atoms with Crippen LogP contribution in [0, 0.1) is 0 Å². The molecule has 1 aliphatic heterocycles. The molecule has 0 N–H and O–H groups in total. The van der Waals surface area contributed by atoms with Gasteiger partial charge in [-0.1, -0.05) is 50.6 Å². The molecular weight excluding hydrogens is 298 g/mol. The topological polar surface area (TPSA) is 46.6 Å². The summed E-state index contributed by atoms with van der Waals surface area (Å²) in [6.45, 7) is 4.31. The Kier molecular flexibility index (Phi) is 6.31. The second-order valence-corrected chi connectivity index (χ2v) is 6.40. The van der Waals surface area contributed by atoms with Gasteiger partial charge in [-0.05, 0) is 12.0 Å². The quantitative estimate of drug-likeness (QED) is 0.595. The van der Waals surface area contributed by atoms with E-state index < -0.39 is 6.04 Å². The zero-order valence-corrected chi connectivity index (χ0v) is 14.0. The van der Waals surface area contributed by atoms with Crippen LogP contribution in [0.4, 0.5) is 0 Å². The summed E-state index contributed by atoms with van der Waals surface area (Å²) in [6, 6.07) is 9.39. The maximum absolute atomic E-state index is 12.3. The van der Waals surface area contributed by atoms with Gasteiger partial charge in [0, 0.05) is 12.2 Å². The largest absolute Gasteiger partial charge is 0.464 e. The van der Waals surface area contributed by atoms with Gasteiger partial charge in [0.25, 0.3) is 0 Å². The molecular formula is C17H23NO3S. The van der Waals surface area contributed by atoms with Crippen LogP contribution in [-0.2, 0) is 14.3 Å². The Morgan fingerprint density at radius 3 is 2.64 bits per heavy atom. The summed E-state index contributed by atoms with van der Waals surface area (Å²) in [5.41, 5.74) is 1.05. The van der Waals surface area contributed by atoms with E-state index in [9.17, 15) is 9.59 Å². The van der Waals surface area contributed by atoms with Crippen LogP contribution in [-0.4, -0.2) is 35.2 Å². The number of ether oxygens (including phenoxy) is 1. The molecule has 0 saturated carbocycles. The lowest BCUT2D eigenvalue weighted by Gasteiger charge is -2.28. The predicted octanol–water partition coefficient (Wildman–Crippen LogP) is 3.38. The third-order valence-corrected chi connectivity index (χ3v) is 5.01. The highest BCUT2D eigenvalue weighted by Gasteiger charge is 2.42. The average Bonchev–Trinajstić information content (AvgIpc) is 3.00. The number of benzene rings is 1. The van der Waals surface area contributed by atoms with E-state index in [2.05, 4.69) is 6.92 Å². The average molecular weight is 321 g/mol. The second kappa shape index (κ2) is 8.22. The van der Waals surface area contributed by atoms with Crippen LogP contribution in [0.15, 0.2) is 30.3 Å². The molecule has 0 unspecified atom stereocenters. The van der Waals surface area contributed by atoms with Crippen LogP contribution < -0.4 is 0 Å². The van der Waals surface area contributed by atoms with Crippen molar-refractivity contribution in [2.45, 2.75) is 44.5 Å². The first-order chi connectivity index (χ1) is 10.7. The van der Waals surface area contributed by atoms with Crippen LogP contribution in [0.2, 0.25) is 0 Å². The molecule has 1 aliphatic rings. The molecule has 0 aliphatic carbocycles. The summed E-state index contributed by atoms with van der Waals surface area (Å²) in [7, 11) is 0. The number of esters is 1. The number of thioether (sulfide) groups is 1. The molecule has 1 heterocycles. The fraction of sp³-hybridized carbons (Fsp3) is 0.529. The molecule has 2 atom stereocenters. The minimum atomic E-state index is -0.473. The molecule has 0 radical (unpaired) electrons. The first-order valence-corrected chi connectivity index (χ1v) is 8.88. The minimum absolute atomic E-state index is 0.00343. The number of carbonyl (C=O) groups excluding carboxylic acids is 2. The normalized spacial score (nSPS) is 20.9. The highest BCUT2D eigenvalue weighted by atomic mass is 32.2. The molecule has 22 heavy (non-hydrogen) atoms. The van der Waals surface area contributed by atoms with Crippen LogP contribution in [0.1, 0.15) is 44.0 Å². The number of amides is 1. The number of unbranched alkanes of at least 4 members (excludes halogenated alkanes) is 1. The van der Waals surface area contributed by atoms with Crippen molar-refractivity contribution in [1.82, 2.24) is 4.90 Å². The molecule has 1 saturated heterocycles. The Balaban J connectivity index is 2.14. The van der Waals surface area contributed by atoms with Gasteiger partial charge in [0.2, 0.25) is 5.91 Å². The van der Waals surface area contributed by atoms with E-state index in [4.69, 9.17) is 4.74 Å². The van der Waals surface area contributed by atoms with Gasteiger partial charge in [-0.15, -0.1) is 11.8 Å². The van der Waals surface area contributed by atoms with E-state index in [0.29, 0.717) is 18.8 Å². The van der Waals surface area contributed by atoms with Gasteiger partial charge < -0.3 is 9.64 Å². The van der Waals surface area contributed by atoms with Gasteiger partial charge >= 0.3 is 5.97 Å². The zero-order valence-electron chi connectivity index (χ0n) is 13.2. The lowest BCUT2D eigenvalue weighted by atomic mass is 10.1. The van der Waals surface area contributed by atoms with E-state index in [-0.39, 0.29) is 17.3 Å². The fourth-order valence-corrected chi connectivity index (χ4v) is 3.90. The SMILES string of the molecule is CCCCOC(=O)[C@H]1CS[C@@H](c2ccccc2)N1C(=O)CC. The highest BCUT2D eigenvalue weighted by Crippen LogP contribution is 2.41. The van der Waals surface area contributed by atoms with Crippen molar-refractivity contribution >= 4 is 23.6 Å². The van der Waals surface area contributed by atoms with Gasteiger partial charge in [-0.3, -0.25) is 4.79 Å². The number of hydrogen-bond acceptors (Lipinski definition) is 4. The van der Waals surface area contributed by atoms with E-state index in [1.807, 2.05) is 37.3 Å². The number of nitrogens with zero attached hydrogens (tertiary/aromatic N) is 1. The molecule has 1 amide bonds. The van der Waals surface area contributed by atoms with Crippen molar-refractivity contribution in [1.29, 1.82) is 0 Å². The van der Waals surface area contributed by atoms with Gasteiger partial charge in [0.15, 0.2) is 0 Å². The van der Waals surface area contributed by atoms with Crippen LogP contribution >= 0.6 is 11.8 Å². The smallest absolute Gasteiger partial charge is 0.329 e. The summed E-state index contributed by atoms with van der Waals surface area (Å²) in [5, 5.41) is -0.0997. The van der Waals surface area contributed by atoms with E-state index in [1.54, 1.807) is 16.7 Å². The Labute approximate surface area is 136 Å². The summed E-state index contributed by atoms with van der Waals surface area (Å²) >= 11 is 1.63. The van der Waals surface area contributed by atoms with E-state index in [0.717, 1.165) is 18.4 Å². The lowest BCUT2D eigenvalue weighted by molar-refractivity contribution is -0.154. The van der Waals surface area contributed by atoms with Crippen molar-refractivity contribution < 1.29 is 14.3 Å². The standard InChI is InChI=1S/C17H23NO3S/c1-3-5-11-21-17(20)14-12-22-16(18(14)15(19)4-2)13-9-7-6-8-10-13/h6-10,14,16H,3-5,11-12H2,1-2H3/t14-,16+/m1/s1. The first-order valence-electron chi connectivity index (χ1n) is 7.83. The van der Waals surface area contributed by atoms with Gasteiger partial charge in [-0.2, -0.15) is 0 Å². The van der Waals surface area contributed by atoms with Crippen LogP contribution in [0.25, 0.3) is 0 Å². The lowest BCUT2D eigenvalue weighted by Crippen LogP contribution is -2.43. The number of rotatable bonds is 6. The Morgan fingerprint density at radius 1 is 1.27 bits per heavy atom. The monoisotopic (exact) mass is 321 g/mol. The molecule has 4 nitrogen and oxygen atoms in total. The third-order valence-electron chi connectivity index (χ3n) is 3.69. The maximum atomic E-state index is 12.3. The molecule has 0 spiro atoms. The summed E-state index contributed by atoms with van der Waals surface area (Å²) in [6.07, 6.45) is 2.23. The summed E-state index contributed by atoms with van der Waals surface area (Å²) in [4.78, 5) is 26.3. The Morgan fingerprint density at radius 2 is 2.00 bits per heavy atom.